The second-order valence-corrected chi connectivity index (χ2v) is 5.28. The second kappa shape index (κ2) is 5.79. The van der Waals surface area contributed by atoms with Crippen molar-refractivity contribution in [1.82, 2.24) is 9.76 Å². The number of halogens is 3. The molecule has 6 nitrogen and oxygen atoms in total. The maximum atomic E-state index is 12.0. The molecule has 10 heteroatoms. The van der Waals surface area contributed by atoms with E-state index >= 15 is 0 Å². The third-order valence-electron chi connectivity index (χ3n) is 2.53. The van der Waals surface area contributed by atoms with Crippen LogP contribution in [0.15, 0.2) is 24.3 Å². The maximum absolute atomic E-state index is 12.0. The first-order chi connectivity index (χ1) is 9.78. The first-order valence-corrected chi connectivity index (χ1v) is 6.93. The van der Waals surface area contributed by atoms with E-state index in [1.54, 1.807) is 0 Å². The molecule has 21 heavy (non-hydrogen) atoms. The molecule has 1 atom stereocenters. The molecular formula is C11H9F3N2O4P+. The number of carbonyl (C=O) groups excluding carboxylic acids is 2. The van der Waals surface area contributed by atoms with Gasteiger partial charge in [0.25, 0.3) is 5.91 Å². The molecule has 0 aliphatic carbocycles. The van der Waals surface area contributed by atoms with E-state index < -0.39 is 32.0 Å². The van der Waals surface area contributed by atoms with E-state index in [4.69, 9.17) is 0 Å². The number of alkyl halides is 3. The minimum atomic E-state index is -4.83. The van der Waals surface area contributed by atoms with Gasteiger partial charge >= 0.3 is 20.4 Å². The van der Waals surface area contributed by atoms with Crippen molar-refractivity contribution in [2.45, 2.75) is 12.8 Å². The number of carbonyl (C=O) groups is 2. The number of nitrogens with one attached hydrogen (secondary N) is 1. The fourth-order valence-electron chi connectivity index (χ4n) is 1.65. The first-order valence-electron chi connectivity index (χ1n) is 5.72. The highest BCUT2D eigenvalue weighted by Gasteiger charge is 2.43. The van der Waals surface area contributed by atoms with Crippen molar-refractivity contribution in [2.24, 2.45) is 0 Å². The number of rotatable bonds is 2. The molecule has 1 heterocycles. The Labute approximate surface area is 117 Å². The maximum Gasteiger partial charge on any atom is 0.574 e. The average Bonchev–Trinajstić information content (AvgIpc) is 2.37. The zero-order valence-electron chi connectivity index (χ0n) is 10.4. The Morgan fingerprint density at radius 3 is 2.43 bits per heavy atom. The van der Waals surface area contributed by atoms with Gasteiger partial charge in [-0.2, -0.15) is 0 Å². The molecule has 1 aliphatic heterocycles. The van der Waals surface area contributed by atoms with Crippen molar-refractivity contribution in [3.8, 4) is 5.75 Å². The van der Waals surface area contributed by atoms with E-state index in [1.165, 1.54) is 0 Å². The number of ether oxygens (including phenoxy) is 1. The molecule has 1 N–H and O–H groups in total. The third-order valence-corrected chi connectivity index (χ3v) is 3.79. The van der Waals surface area contributed by atoms with Gasteiger partial charge in [-0.3, -0.25) is 9.59 Å². The Bertz CT molecular complexity index is 572. The molecule has 1 aromatic rings. The zero-order chi connectivity index (χ0) is 15.6. The quantitative estimate of drug-likeness (QED) is 0.667. The van der Waals surface area contributed by atoms with Crippen molar-refractivity contribution < 1.29 is 32.1 Å². The predicted molar refractivity (Wildman–Crippen MR) is 64.5 cm³/mol. The van der Waals surface area contributed by atoms with Crippen LogP contribution in [-0.2, 0) is 9.36 Å². The monoisotopic (exact) mass is 321 g/mol. The molecule has 0 spiro atoms. The SMILES string of the molecule is O=C1CCN[P+](=O)N1C(=O)c1ccc(OC(F)(F)F)cc1. The van der Waals surface area contributed by atoms with Gasteiger partial charge in [0.05, 0.1) is 6.54 Å². The highest BCUT2D eigenvalue weighted by Crippen LogP contribution is 2.30. The van der Waals surface area contributed by atoms with Gasteiger partial charge in [0.15, 0.2) is 0 Å². The molecule has 1 fully saturated rings. The van der Waals surface area contributed by atoms with Crippen LogP contribution in [0.2, 0.25) is 0 Å². The Morgan fingerprint density at radius 1 is 1.29 bits per heavy atom. The lowest BCUT2D eigenvalue weighted by atomic mass is 10.2. The summed E-state index contributed by atoms with van der Waals surface area (Å²) in [6.45, 7) is 0.205. The normalized spacial score (nSPS) is 17.8. The summed E-state index contributed by atoms with van der Waals surface area (Å²) < 4.78 is 51.9. The van der Waals surface area contributed by atoms with Crippen LogP contribution in [0.3, 0.4) is 0 Å². The van der Waals surface area contributed by atoms with E-state index in [-0.39, 0.29) is 18.5 Å². The highest BCUT2D eigenvalue weighted by atomic mass is 31.1. The van der Waals surface area contributed by atoms with Crippen LogP contribution in [0.1, 0.15) is 16.8 Å². The Balaban J connectivity index is 2.16. The van der Waals surface area contributed by atoms with Crippen LogP contribution in [0.4, 0.5) is 13.2 Å². The van der Waals surface area contributed by atoms with Crippen molar-refractivity contribution in [2.75, 3.05) is 6.54 Å². The van der Waals surface area contributed by atoms with Crippen LogP contribution < -0.4 is 9.82 Å². The summed E-state index contributed by atoms with van der Waals surface area (Å²) in [6.07, 6.45) is -4.82. The van der Waals surface area contributed by atoms with Crippen LogP contribution in [0, 0.1) is 0 Å². The van der Waals surface area contributed by atoms with Crippen LogP contribution in [0.25, 0.3) is 0 Å². The smallest absolute Gasteiger partial charge is 0.406 e. The molecule has 2 amide bonds. The van der Waals surface area contributed by atoms with E-state index in [1.807, 2.05) is 0 Å². The number of nitrogens with zero attached hydrogens (tertiary/aromatic N) is 1. The van der Waals surface area contributed by atoms with Crippen LogP contribution in [-0.4, -0.2) is 29.4 Å². The molecule has 1 unspecified atom stereocenters. The van der Waals surface area contributed by atoms with Gasteiger partial charge in [-0.15, -0.1) is 13.2 Å². The molecule has 0 radical (unpaired) electrons. The Morgan fingerprint density at radius 2 is 1.90 bits per heavy atom. The van der Waals surface area contributed by atoms with Crippen LogP contribution >= 0.6 is 8.10 Å². The summed E-state index contributed by atoms with van der Waals surface area (Å²) in [7, 11) is -2.36. The highest BCUT2D eigenvalue weighted by molar-refractivity contribution is 7.41. The molecule has 1 saturated heterocycles. The summed E-state index contributed by atoms with van der Waals surface area (Å²) in [5, 5.41) is 2.48. The lowest BCUT2D eigenvalue weighted by molar-refractivity contribution is -0.274. The number of amides is 2. The zero-order valence-corrected chi connectivity index (χ0v) is 11.3. The largest absolute Gasteiger partial charge is 0.574 e. The third kappa shape index (κ3) is 3.77. The molecular weight excluding hydrogens is 312 g/mol. The fraction of sp³-hybridized carbons (Fsp3) is 0.273. The number of imide groups is 1. The Hall–Kier alpha value is -1.99. The molecule has 1 aromatic carbocycles. The fourth-order valence-corrected chi connectivity index (χ4v) is 2.68. The summed E-state index contributed by atoms with van der Waals surface area (Å²) in [4.78, 5) is 23.6. The summed E-state index contributed by atoms with van der Waals surface area (Å²) in [5.74, 6) is -1.94. The second-order valence-electron chi connectivity index (χ2n) is 4.01. The van der Waals surface area contributed by atoms with Gasteiger partial charge in [0, 0.05) is 12.0 Å². The lowest BCUT2D eigenvalue weighted by Gasteiger charge is -2.14. The first kappa shape index (κ1) is 15.4. The van der Waals surface area contributed by atoms with Gasteiger partial charge in [-0.25, -0.2) is 0 Å². The molecule has 2 rings (SSSR count). The molecule has 0 bridgehead atoms. The lowest BCUT2D eigenvalue weighted by Crippen LogP contribution is -2.39. The Kier molecular flexibility index (Phi) is 4.24. The number of benzene rings is 1. The number of hydrogen-bond donors (Lipinski definition) is 1. The standard InChI is InChI=1S/C11H9F3N2O4P/c12-11(13,14)20-8-3-1-7(2-4-8)10(18)16-9(17)5-6-15-21(16)19/h1-4H,5-6H2,(H,15,19)/q+1. The topological polar surface area (TPSA) is 75.7 Å². The summed E-state index contributed by atoms with van der Waals surface area (Å²) >= 11 is 0. The van der Waals surface area contributed by atoms with Gasteiger partial charge in [0.2, 0.25) is 0 Å². The van der Waals surface area contributed by atoms with E-state index in [0.717, 1.165) is 24.3 Å². The van der Waals surface area contributed by atoms with Crippen molar-refractivity contribution in [3.63, 3.8) is 0 Å². The van der Waals surface area contributed by atoms with Crippen molar-refractivity contribution in [3.05, 3.63) is 29.8 Å². The van der Waals surface area contributed by atoms with Gasteiger partial charge in [0.1, 0.15) is 5.75 Å². The molecule has 0 saturated carbocycles. The average molecular weight is 321 g/mol. The minimum Gasteiger partial charge on any atom is -0.406 e. The van der Waals surface area contributed by atoms with Gasteiger partial charge < -0.3 is 4.74 Å². The molecule has 0 aromatic heterocycles. The van der Waals surface area contributed by atoms with Crippen molar-refractivity contribution >= 4 is 19.9 Å². The molecule has 112 valence electrons. The van der Waals surface area contributed by atoms with Crippen molar-refractivity contribution in [1.29, 1.82) is 0 Å². The molecule has 1 aliphatic rings. The van der Waals surface area contributed by atoms with Crippen LogP contribution in [0.5, 0.6) is 5.75 Å². The van der Waals surface area contributed by atoms with Gasteiger partial charge in [-0.05, 0) is 33.5 Å². The van der Waals surface area contributed by atoms with E-state index in [9.17, 15) is 27.3 Å². The van der Waals surface area contributed by atoms with Gasteiger partial charge in [-0.1, -0.05) is 5.09 Å². The van der Waals surface area contributed by atoms with E-state index in [0.29, 0.717) is 4.67 Å². The predicted octanol–water partition coefficient (Wildman–Crippen LogP) is 2.20. The number of hydrogen-bond acceptors (Lipinski definition) is 4. The van der Waals surface area contributed by atoms with E-state index in [2.05, 4.69) is 9.82 Å². The summed E-state index contributed by atoms with van der Waals surface area (Å²) in [6, 6.07) is 4.01. The minimum absolute atomic E-state index is 0.0160. The summed E-state index contributed by atoms with van der Waals surface area (Å²) in [5.41, 5.74) is -0.0649.